The molecule has 1 saturated heterocycles. The van der Waals surface area contributed by atoms with E-state index in [-0.39, 0.29) is 22.6 Å². The minimum absolute atomic E-state index is 0.0244. The highest BCUT2D eigenvalue weighted by Gasteiger charge is 2.33. The number of rotatable bonds is 1. The van der Waals surface area contributed by atoms with E-state index < -0.39 is 11.6 Å². The summed E-state index contributed by atoms with van der Waals surface area (Å²) in [6.45, 7) is 5.35. The highest BCUT2D eigenvalue weighted by atomic mass is 19.2. The molecule has 0 spiro atoms. The molecule has 5 heteroatoms. The minimum Gasteiger partial charge on any atom is -0.398 e. The van der Waals surface area contributed by atoms with Crippen molar-refractivity contribution in [1.29, 1.82) is 0 Å². The molecule has 1 aliphatic heterocycles. The zero-order valence-electron chi connectivity index (χ0n) is 10.5. The lowest BCUT2D eigenvalue weighted by Gasteiger charge is -2.20. The molecule has 0 aromatic heterocycles. The molecular weight excluding hydrogens is 238 g/mol. The summed E-state index contributed by atoms with van der Waals surface area (Å²) >= 11 is 0. The molecule has 1 aromatic carbocycles. The summed E-state index contributed by atoms with van der Waals surface area (Å²) in [5.74, 6) is -2.42. The largest absolute Gasteiger partial charge is 0.398 e. The molecule has 1 aliphatic rings. The number of nitrogens with zero attached hydrogens (tertiary/aromatic N) is 1. The maximum Gasteiger partial charge on any atom is 0.256 e. The number of hydrogen-bond acceptors (Lipinski definition) is 2. The zero-order valence-corrected chi connectivity index (χ0v) is 10.5. The van der Waals surface area contributed by atoms with Gasteiger partial charge in [0.2, 0.25) is 0 Å². The average Bonchev–Trinajstić information content (AvgIpc) is 2.63. The monoisotopic (exact) mass is 254 g/mol. The highest BCUT2D eigenvalue weighted by molar-refractivity contribution is 5.99. The van der Waals surface area contributed by atoms with Crippen molar-refractivity contribution in [1.82, 2.24) is 4.90 Å². The molecule has 0 atom stereocenters. The minimum atomic E-state index is -1.05. The van der Waals surface area contributed by atoms with E-state index in [1.165, 1.54) is 0 Å². The van der Waals surface area contributed by atoms with Crippen LogP contribution < -0.4 is 5.73 Å². The summed E-state index contributed by atoms with van der Waals surface area (Å²) in [5, 5.41) is 0. The zero-order chi connectivity index (χ0) is 13.5. The first-order valence-corrected chi connectivity index (χ1v) is 5.84. The first-order valence-electron chi connectivity index (χ1n) is 5.84. The van der Waals surface area contributed by atoms with Crippen LogP contribution in [0, 0.1) is 17.0 Å². The number of halogens is 2. The van der Waals surface area contributed by atoms with Gasteiger partial charge in [0.25, 0.3) is 5.91 Å². The summed E-state index contributed by atoms with van der Waals surface area (Å²) in [6, 6.07) is 1.72. The summed E-state index contributed by atoms with van der Waals surface area (Å²) in [4.78, 5) is 13.8. The van der Waals surface area contributed by atoms with Crippen molar-refractivity contribution in [2.75, 3.05) is 18.8 Å². The summed E-state index contributed by atoms with van der Waals surface area (Å²) in [7, 11) is 0. The molecule has 0 saturated carbocycles. The molecule has 2 N–H and O–H groups in total. The molecule has 2 rings (SSSR count). The smallest absolute Gasteiger partial charge is 0.256 e. The fourth-order valence-electron chi connectivity index (χ4n) is 2.20. The van der Waals surface area contributed by atoms with Crippen molar-refractivity contribution in [3.8, 4) is 0 Å². The number of benzene rings is 1. The molecule has 0 aliphatic carbocycles. The summed E-state index contributed by atoms with van der Waals surface area (Å²) in [6.07, 6.45) is 0.891. The normalized spacial score (nSPS) is 18.1. The SMILES string of the molecule is CC1(C)CCN(C(=O)c2cc(F)c(F)cc2N)C1. The Kier molecular flexibility index (Phi) is 3.00. The number of anilines is 1. The number of nitrogen functional groups attached to an aromatic ring is 1. The fourth-order valence-corrected chi connectivity index (χ4v) is 2.20. The highest BCUT2D eigenvalue weighted by Crippen LogP contribution is 2.30. The van der Waals surface area contributed by atoms with Crippen LogP contribution in [0.3, 0.4) is 0 Å². The van der Waals surface area contributed by atoms with Gasteiger partial charge in [0.05, 0.1) is 5.56 Å². The topological polar surface area (TPSA) is 46.3 Å². The van der Waals surface area contributed by atoms with Crippen molar-refractivity contribution in [3.05, 3.63) is 29.3 Å². The summed E-state index contributed by atoms with van der Waals surface area (Å²) < 4.78 is 26.1. The molecule has 0 unspecified atom stereocenters. The second kappa shape index (κ2) is 4.23. The van der Waals surface area contributed by atoms with Gasteiger partial charge in [-0.1, -0.05) is 13.8 Å². The molecule has 1 amide bonds. The van der Waals surface area contributed by atoms with Crippen LogP contribution in [0.5, 0.6) is 0 Å². The van der Waals surface area contributed by atoms with Crippen molar-refractivity contribution in [2.24, 2.45) is 5.41 Å². The lowest BCUT2D eigenvalue weighted by atomic mass is 9.93. The number of likely N-dealkylation sites (tertiary alicyclic amines) is 1. The fraction of sp³-hybridized carbons (Fsp3) is 0.462. The Morgan fingerprint density at radius 3 is 2.50 bits per heavy atom. The van der Waals surface area contributed by atoms with Crippen LogP contribution in [0.15, 0.2) is 12.1 Å². The van der Waals surface area contributed by atoms with Gasteiger partial charge in [0.1, 0.15) is 0 Å². The molecule has 1 heterocycles. The van der Waals surface area contributed by atoms with E-state index in [0.29, 0.717) is 13.1 Å². The second-order valence-corrected chi connectivity index (χ2v) is 5.49. The lowest BCUT2D eigenvalue weighted by Crippen LogP contribution is -2.31. The molecule has 1 aromatic rings. The van der Waals surface area contributed by atoms with Crippen molar-refractivity contribution >= 4 is 11.6 Å². The van der Waals surface area contributed by atoms with Crippen molar-refractivity contribution < 1.29 is 13.6 Å². The van der Waals surface area contributed by atoms with E-state index in [0.717, 1.165) is 18.6 Å². The maximum absolute atomic E-state index is 13.2. The van der Waals surface area contributed by atoms with Gasteiger partial charge in [-0.05, 0) is 17.9 Å². The second-order valence-electron chi connectivity index (χ2n) is 5.49. The number of hydrogen-bond donors (Lipinski definition) is 1. The van der Waals surface area contributed by atoms with Gasteiger partial charge >= 0.3 is 0 Å². The van der Waals surface area contributed by atoms with Crippen molar-refractivity contribution in [2.45, 2.75) is 20.3 Å². The van der Waals surface area contributed by atoms with Crippen LogP contribution in [-0.2, 0) is 0 Å². The third-order valence-corrected chi connectivity index (χ3v) is 3.29. The third kappa shape index (κ3) is 2.30. The van der Waals surface area contributed by atoms with Crippen molar-refractivity contribution in [3.63, 3.8) is 0 Å². The predicted octanol–water partition coefficient (Wildman–Crippen LogP) is 2.42. The average molecular weight is 254 g/mol. The first-order chi connectivity index (χ1) is 8.30. The van der Waals surface area contributed by atoms with Crippen LogP contribution in [0.25, 0.3) is 0 Å². The Bertz CT molecular complexity index is 500. The number of nitrogens with two attached hydrogens (primary N) is 1. The van der Waals surface area contributed by atoms with Gasteiger partial charge in [-0.25, -0.2) is 8.78 Å². The van der Waals surface area contributed by atoms with E-state index >= 15 is 0 Å². The third-order valence-electron chi connectivity index (χ3n) is 3.29. The predicted molar refractivity (Wildman–Crippen MR) is 65.1 cm³/mol. The van der Waals surface area contributed by atoms with E-state index in [4.69, 9.17) is 5.73 Å². The summed E-state index contributed by atoms with van der Waals surface area (Å²) in [5.41, 5.74) is 5.64. The van der Waals surface area contributed by atoms with Crippen LogP contribution in [0.1, 0.15) is 30.6 Å². The van der Waals surface area contributed by atoms with Crippen LogP contribution in [0.4, 0.5) is 14.5 Å². The van der Waals surface area contributed by atoms with Crippen LogP contribution >= 0.6 is 0 Å². The quantitative estimate of drug-likeness (QED) is 0.782. The standard InChI is InChI=1S/C13H16F2N2O/c1-13(2)3-4-17(7-13)12(18)8-5-9(14)10(15)6-11(8)16/h5-6H,3-4,7,16H2,1-2H3. The van der Waals surface area contributed by atoms with Gasteiger partial charge in [0.15, 0.2) is 11.6 Å². The molecule has 98 valence electrons. The van der Waals surface area contributed by atoms with Gasteiger partial charge in [-0.2, -0.15) is 0 Å². The molecule has 1 fully saturated rings. The van der Waals surface area contributed by atoms with Gasteiger partial charge in [0, 0.05) is 24.8 Å². The van der Waals surface area contributed by atoms with Gasteiger partial charge in [-0.3, -0.25) is 4.79 Å². The van der Waals surface area contributed by atoms with Crippen LogP contribution in [0.2, 0.25) is 0 Å². The van der Waals surface area contributed by atoms with Crippen LogP contribution in [-0.4, -0.2) is 23.9 Å². The van der Waals surface area contributed by atoms with Gasteiger partial charge in [-0.15, -0.1) is 0 Å². The Morgan fingerprint density at radius 2 is 1.94 bits per heavy atom. The van der Waals surface area contributed by atoms with Gasteiger partial charge < -0.3 is 10.6 Å². The number of carbonyl (C=O) groups is 1. The maximum atomic E-state index is 13.2. The Morgan fingerprint density at radius 1 is 1.33 bits per heavy atom. The first kappa shape index (κ1) is 12.8. The van der Waals surface area contributed by atoms with E-state index in [2.05, 4.69) is 13.8 Å². The molecular formula is C13H16F2N2O. The van der Waals surface area contributed by atoms with E-state index in [9.17, 15) is 13.6 Å². The Hall–Kier alpha value is -1.65. The number of carbonyl (C=O) groups excluding carboxylic acids is 1. The Balaban J connectivity index is 2.27. The molecule has 0 bridgehead atoms. The molecule has 3 nitrogen and oxygen atoms in total. The Labute approximate surface area is 105 Å². The molecule has 18 heavy (non-hydrogen) atoms. The van der Waals surface area contributed by atoms with E-state index in [1.54, 1.807) is 4.90 Å². The molecule has 0 radical (unpaired) electrons. The number of amides is 1. The van der Waals surface area contributed by atoms with E-state index in [1.807, 2.05) is 0 Å². The lowest BCUT2D eigenvalue weighted by molar-refractivity contribution is 0.0778.